The van der Waals surface area contributed by atoms with E-state index in [-0.39, 0.29) is 26.5 Å². The number of hydrogen-bond donors (Lipinski definition) is 0. The number of ether oxygens (including phenoxy) is 1. The molecule has 0 spiro atoms. The summed E-state index contributed by atoms with van der Waals surface area (Å²) in [6, 6.07) is 34.7. The summed E-state index contributed by atoms with van der Waals surface area (Å²) in [6.07, 6.45) is 1.85. The van der Waals surface area contributed by atoms with Gasteiger partial charge in [-0.15, -0.1) is 41.5 Å². The van der Waals surface area contributed by atoms with Gasteiger partial charge in [-0.3, -0.25) is 9.98 Å². The molecule has 0 N–H and O–H groups in total. The van der Waals surface area contributed by atoms with Gasteiger partial charge >= 0.3 is 21.1 Å². The number of benzene rings is 3. The topological polar surface area (TPSA) is 52.3 Å². The van der Waals surface area contributed by atoms with Crippen molar-refractivity contribution < 1.29 is 25.8 Å². The van der Waals surface area contributed by atoms with Crippen molar-refractivity contribution in [2.45, 2.75) is 58.1 Å². The van der Waals surface area contributed by atoms with Crippen molar-refractivity contribution in [3.63, 3.8) is 0 Å². The third-order valence-electron chi connectivity index (χ3n) is 9.97. The maximum absolute atomic E-state index is 6.92. The molecule has 0 amide bonds. The van der Waals surface area contributed by atoms with Gasteiger partial charge in [0.1, 0.15) is 17.0 Å². The van der Waals surface area contributed by atoms with Crippen molar-refractivity contribution in [3.05, 3.63) is 125 Å². The molecule has 220 valence electrons. The standard InChI is InChI=1S/C38H32N4O.Pt/c1-23-17-18-39-31(19-23)25-15-16-28-27-11-7-10-14-32(27)42(33(28)21-25)34-22-26(20-24(2)40-34)35-41-37(5)30-13-9-8-12-29(30)36(3,4)38(37,6)43-35;/h7-20H,1-6H3;/q-2;+2/t37-,38+;/m1./s1. The van der Waals surface area contributed by atoms with Crippen LogP contribution in [0.5, 0.6) is 0 Å². The first kappa shape index (κ1) is 28.7. The molecule has 0 saturated heterocycles. The Balaban J connectivity index is 0.00000312. The molecule has 44 heavy (non-hydrogen) atoms. The molecule has 0 radical (unpaired) electrons. The molecular formula is C38H32N4OPt. The Hall–Kier alpha value is -4.08. The van der Waals surface area contributed by atoms with Crippen LogP contribution in [0, 0.1) is 26.0 Å². The van der Waals surface area contributed by atoms with E-state index in [1.54, 1.807) is 0 Å². The Labute approximate surface area is 272 Å². The Kier molecular flexibility index (Phi) is 6.33. The normalized spacial score (nSPS) is 21.5. The Morgan fingerprint density at radius 3 is 2.32 bits per heavy atom. The second-order valence-electron chi connectivity index (χ2n) is 12.8. The summed E-state index contributed by atoms with van der Waals surface area (Å²) < 4.78 is 9.07. The summed E-state index contributed by atoms with van der Waals surface area (Å²) in [5.41, 5.74) is 7.83. The molecule has 1 aliphatic heterocycles. The molecule has 3 aromatic heterocycles. The minimum absolute atomic E-state index is 0. The van der Waals surface area contributed by atoms with Crippen molar-refractivity contribution in [2.24, 2.45) is 4.99 Å². The van der Waals surface area contributed by atoms with Gasteiger partial charge in [0.05, 0.1) is 5.82 Å². The van der Waals surface area contributed by atoms with Gasteiger partial charge in [0.15, 0.2) is 0 Å². The van der Waals surface area contributed by atoms with Gasteiger partial charge in [-0.1, -0.05) is 73.3 Å². The number of hydrogen-bond acceptors (Lipinski definition) is 4. The number of pyridine rings is 2. The second kappa shape index (κ2) is 9.71. The van der Waals surface area contributed by atoms with Crippen molar-refractivity contribution in [2.75, 3.05) is 0 Å². The fourth-order valence-electron chi connectivity index (χ4n) is 7.26. The van der Waals surface area contributed by atoms with Crippen LogP contribution in [0.15, 0.2) is 90.1 Å². The number of aliphatic imine (C=N–C) groups is 1. The van der Waals surface area contributed by atoms with E-state index in [2.05, 4.69) is 123 Å². The summed E-state index contributed by atoms with van der Waals surface area (Å²) in [7, 11) is 0. The number of aryl methyl sites for hydroxylation is 2. The zero-order chi connectivity index (χ0) is 29.7. The average molecular weight is 756 g/mol. The van der Waals surface area contributed by atoms with Gasteiger partial charge in [0.2, 0.25) is 0 Å². The maximum atomic E-state index is 6.92. The zero-order valence-electron chi connectivity index (χ0n) is 25.6. The SMILES string of the molecule is Cc1ccnc(-c2[c-]c3c(cc2)c2ccccc2n3-c2[c-]c(C3=N[C@]4(C)c5ccccc5C(C)(C)[C@]4(C)O3)cc(C)n2)c1.[Pt+2]. The summed E-state index contributed by atoms with van der Waals surface area (Å²) >= 11 is 0. The molecule has 1 aliphatic carbocycles. The molecule has 6 aromatic rings. The van der Waals surface area contributed by atoms with Crippen LogP contribution in [0.2, 0.25) is 0 Å². The van der Waals surface area contributed by atoms with E-state index in [0.717, 1.165) is 49.9 Å². The zero-order valence-corrected chi connectivity index (χ0v) is 27.9. The molecule has 0 unspecified atom stereocenters. The van der Waals surface area contributed by atoms with Crippen LogP contribution in [-0.4, -0.2) is 26.0 Å². The molecule has 6 heteroatoms. The van der Waals surface area contributed by atoms with Crippen LogP contribution in [0.25, 0.3) is 38.9 Å². The quantitative estimate of drug-likeness (QED) is 0.171. The maximum Gasteiger partial charge on any atom is 2.00 e. The first-order chi connectivity index (χ1) is 20.6. The predicted molar refractivity (Wildman–Crippen MR) is 172 cm³/mol. The van der Waals surface area contributed by atoms with Crippen LogP contribution in [0.4, 0.5) is 0 Å². The summed E-state index contributed by atoms with van der Waals surface area (Å²) in [6.45, 7) is 13.0. The number of aromatic nitrogens is 3. The summed E-state index contributed by atoms with van der Waals surface area (Å²) in [5.74, 6) is 1.29. The van der Waals surface area contributed by atoms with E-state index in [0.29, 0.717) is 11.7 Å². The van der Waals surface area contributed by atoms with Gasteiger partial charge in [0.25, 0.3) is 0 Å². The average Bonchev–Trinajstić information content (AvgIpc) is 3.53. The van der Waals surface area contributed by atoms with Crippen LogP contribution < -0.4 is 0 Å². The van der Waals surface area contributed by atoms with Crippen LogP contribution >= 0.6 is 0 Å². The van der Waals surface area contributed by atoms with E-state index >= 15 is 0 Å². The predicted octanol–water partition coefficient (Wildman–Crippen LogP) is 8.20. The molecule has 8 rings (SSSR count). The van der Waals surface area contributed by atoms with Gasteiger partial charge in [-0.2, -0.15) is 0 Å². The van der Waals surface area contributed by atoms with Crippen LogP contribution in [-0.2, 0) is 36.8 Å². The smallest absolute Gasteiger partial charge is 0.525 e. The Bertz CT molecular complexity index is 2160. The third-order valence-corrected chi connectivity index (χ3v) is 9.97. The Morgan fingerprint density at radius 2 is 1.52 bits per heavy atom. The number of para-hydroxylation sites is 1. The van der Waals surface area contributed by atoms with E-state index < -0.39 is 11.1 Å². The van der Waals surface area contributed by atoms with E-state index in [1.807, 2.05) is 25.3 Å². The monoisotopic (exact) mass is 755 g/mol. The number of rotatable bonds is 3. The number of fused-ring (bicyclic) bond motifs is 6. The van der Waals surface area contributed by atoms with E-state index in [1.165, 1.54) is 11.1 Å². The van der Waals surface area contributed by atoms with Crippen molar-refractivity contribution in [1.29, 1.82) is 0 Å². The fourth-order valence-corrected chi connectivity index (χ4v) is 7.26. The third kappa shape index (κ3) is 3.78. The van der Waals surface area contributed by atoms with Crippen molar-refractivity contribution in [3.8, 4) is 17.1 Å². The molecule has 3 aromatic carbocycles. The van der Waals surface area contributed by atoms with Crippen molar-refractivity contribution >= 4 is 27.7 Å². The van der Waals surface area contributed by atoms with Gasteiger partial charge in [-0.25, -0.2) is 0 Å². The van der Waals surface area contributed by atoms with E-state index in [9.17, 15) is 0 Å². The molecule has 0 fully saturated rings. The largest absolute Gasteiger partial charge is 2.00 e. The second-order valence-corrected chi connectivity index (χ2v) is 12.8. The summed E-state index contributed by atoms with van der Waals surface area (Å²) in [4.78, 5) is 14.9. The molecule has 0 bridgehead atoms. The Morgan fingerprint density at radius 1 is 0.773 bits per heavy atom. The minimum Gasteiger partial charge on any atom is -0.525 e. The molecule has 5 nitrogen and oxygen atoms in total. The van der Waals surface area contributed by atoms with Crippen LogP contribution in [0.3, 0.4) is 0 Å². The molecule has 4 heterocycles. The number of nitrogens with zero attached hydrogens (tertiary/aromatic N) is 4. The van der Waals surface area contributed by atoms with Gasteiger partial charge in [0, 0.05) is 17.1 Å². The first-order valence-electron chi connectivity index (χ1n) is 14.8. The molecule has 2 aliphatic rings. The summed E-state index contributed by atoms with van der Waals surface area (Å²) in [5, 5.41) is 2.24. The van der Waals surface area contributed by atoms with Gasteiger partial charge in [-0.05, 0) is 73.2 Å². The fraction of sp³-hybridized carbons (Fsp3) is 0.237. The molecule has 2 atom stereocenters. The first-order valence-corrected chi connectivity index (χ1v) is 14.8. The van der Waals surface area contributed by atoms with Crippen LogP contribution in [0.1, 0.15) is 55.6 Å². The molecular weight excluding hydrogens is 724 g/mol. The molecule has 0 saturated carbocycles. The van der Waals surface area contributed by atoms with Gasteiger partial charge < -0.3 is 14.3 Å². The van der Waals surface area contributed by atoms with E-state index in [4.69, 9.17) is 14.7 Å². The minimum atomic E-state index is -0.555. The van der Waals surface area contributed by atoms with Crippen molar-refractivity contribution in [1.82, 2.24) is 14.5 Å².